The van der Waals surface area contributed by atoms with Crippen LogP contribution in [0.1, 0.15) is 32.1 Å². The number of hydrogen-bond donors (Lipinski definition) is 0. The monoisotopic (exact) mass is 290 g/mol. The van der Waals surface area contributed by atoms with Gasteiger partial charge in [-0.25, -0.2) is 0 Å². The Morgan fingerprint density at radius 1 is 1.14 bits per heavy atom. The van der Waals surface area contributed by atoms with Crippen LogP contribution in [-0.2, 0) is 11.3 Å². The van der Waals surface area contributed by atoms with Crippen molar-refractivity contribution < 1.29 is 4.79 Å². The lowest BCUT2D eigenvalue weighted by Gasteiger charge is -2.41. The van der Waals surface area contributed by atoms with Gasteiger partial charge in [-0.2, -0.15) is 5.10 Å². The van der Waals surface area contributed by atoms with Gasteiger partial charge in [-0.1, -0.05) is 0 Å². The molecule has 0 unspecified atom stereocenters. The highest BCUT2D eigenvalue weighted by atomic mass is 16.2. The van der Waals surface area contributed by atoms with Gasteiger partial charge in [0.15, 0.2) is 0 Å². The molecule has 0 atom stereocenters. The van der Waals surface area contributed by atoms with Crippen LogP contribution in [0.25, 0.3) is 0 Å². The molecular weight excluding hydrogens is 264 g/mol. The molecule has 2 saturated heterocycles. The molecule has 116 valence electrons. The minimum atomic E-state index is 0.327. The number of aromatic nitrogens is 2. The standard InChI is InChI=1S/C16H26N4O/c1-18-10-5-16(4-3-15(18)21)6-11-19(12-7-16)13-14-20-9-2-8-17-20/h2,8-9H,3-7,10-14H2,1H3. The molecule has 2 fully saturated rings. The first-order valence-electron chi connectivity index (χ1n) is 8.11. The van der Waals surface area contributed by atoms with Crippen LogP contribution in [0, 0.1) is 5.41 Å². The number of hydrogen-bond acceptors (Lipinski definition) is 3. The Hall–Kier alpha value is -1.36. The topological polar surface area (TPSA) is 41.4 Å². The molecule has 0 aromatic carbocycles. The molecule has 1 aromatic rings. The summed E-state index contributed by atoms with van der Waals surface area (Å²) in [4.78, 5) is 16.3. The van der Waals surface area contributed by atoms with Gasteiger partial charge < -0.3 is 9.80 Å². The van der Waals surface area contributed by atoms with Crippen LogP contribution in [0.15, 0.2) is 18.5 Å². The van der Waals surface area contributed by atoms with Crippen LogP contribution in [0.5, 0.6) is 0 Å². The second-order valence-electron chi connectivity index (χ2n) is 6.68. The molecule has 2 aliphatic rings. The van der Waals surface area contributed by atoms with Gasteiger partial charge in [0, 0.05) is 39.0 Å². The fourth-order valence-electron chi connectivity index (χ4n) is 3.65. The van der Waals surface area contributed by atoms with E-state index < -0.39 is 0 Å². The van der Waals surface area contributed by atoms with Crippen molar-refractivity contribution >= 4 is 5.91 Å². The smallest absolute Gasteiger partial charge is 0.222 e. The normalized spacial score (nSPS) is 23.5. The lowest BCUT2D eigenvalue weighted by molar-refractivity contribution is -0.129. The third kappa shape index (κ3) is 3.46. The van der Waals surface area contributed by atoms with E-state index in [1.807, 2.05) is 35.1 Å². The van der Waals surface area contributed by atoms with Crippen molar-refractivity contribution in [2.24, 2.45) is 5.41 Å². The van der Waals surface area contributed by atoms with Crippen molar-refractivity contribution in [3.05, 3.63) is 18.5 Å². The van der Waals surface area contributed by atoms with E-state index in [1.54, 1.807) is 0 Å². The van der Waals surface area contributed by atoms with Gasteiger partial charge in [-0.05, 0) is 50.3 Å². The molecule has 5 heteroatoms. The summed E-state index contributed by atoms with van der Waals surface area (Å²) in [5, 5.41) is 4.26. The fraction of sp³-hybridized carbons (Fsp3) is 0.750. The average Bonchev–Trinajstić information content (AvgIpc) is 2.99. The van der Waals surface area contributed by atoms with E-state index in [1.165, 1.54) is 32.4 Å². The molecule has 1 aromatic heterocycles. The molecule has 5 nitrogen and oxygen atoms in total. The largest absolute Gasteiger partial charge is 0.346 e. The molecule has 21 heavy (non-hydrogen) atoms. The Morgan fingerprint density at radius 3 is 2.62 bits per heavy atom. The van der Waals surface area contributed by atoms with E-state index in [9.17, 15) is 4.79 Å². The van der Waals surface area contributed by atoms with Crippen molar-refractivity contribution in [2.75, 3.05) is 33.2 Å². The molecule has 1 amide bonds. The van der Waals surface area contributed by atoms with Crippen LogP contribution in [0.4, 0.5) is 0 Å². The highest BCUT2D eigenvalue weighted by molar-refractivity contribution is 5.76. The predicted octanol–water partition coefficient (Wildman–Crippen LogP) is 1.61. The molecule has 3 heterocycles. The third-order valence-corrected chi connectivity index (χ3v) is 5.39. The zero-order chi connectivity index (χ0) is 14.7. The summed E-state index contributed by atoms with van der Waals surface area (Å²) in [6.07, 6.45) is 9.36. The number of nitrogens with zero attached hydrogens (tertiary/aromatic N) is 4. The maximum absolute atomic E-state index is 11.8. The zero-order valence-electron chi connectivity index (χ0n) is 13.0. The lowest BCUT2D eigenvalue weighted by Crippen LogP contribution is -2.41. The second-order valence-corrected chi connectivity index (χ2v) is 6.68. The van der Waals surface area contributed by atoms with E-state index in [4.69, 9.17) is 0 Å². The van der Waals surface area contributed by atoms with Gasteiger partial charge in [0.05, 0.1) is 6.54 Å². The molecule has 3 rings (SSSR count). The second kappa shape index (κ2) is 6.18. The number of rotatable bonds is 3. The lowest BCUT2D eigenvalue weighted by atomic mass is 9.73. The van der Waals surface area contributed by atoms with E-state index in [0.29, 0.717) is 11.3 Å². The van der Waals surface area contributed by atoms with E-state index in [-0.39, 0.29) is 0 Å². The summed E-state index contributed by atoms with van der Waals surface area (Å²) in [7, 11) is 1.95. The van der Waals surface area contributed by atoms with Gasteiger partial charge in [0.1, 0.15) is 0 Å². The molecule has 0 saturated carbocycles. The predicted molar refractivity (Wildman–Crippen MR) is 81.8 cm³/mol. The number of piperidine rings is 1. The maximum Gasteiger partial charge on any atom is 0.222 e. The average molecular weight is 290 g/mol. The summed E-state index contributed by atoms with van der Waals surface area (Å²) in [5.74, 6) is 0.327. The van der Waals surface area contributed by atoms with Gasteiger partial charge in [-0.3, -0.25) is 9.48 Å². The summed E-state index contributed by atoms with van der Waals surface area (Å²) >= 11 is 0. The molecule has 0 N–H and O–H groups in total. The van der Waals surface area contributed by atoms with Gasteiger partial charge in [-0.15, -0.1) is 0 Å². The first kappa shape index (κ1) is 14.6. The highest BCUT2D eigenvalue weighted by Gasteiger charge is 2.37. The van der Waals surface area contributed by atoms with E-state index >= 15 is 0 Å². The SMILES string of the molecule is CN1CCC2(CCC1=O)CCN(CCn1cccn1)CC2. The summed E-state index contributed by atoms with van der Waals surface area (Å²) < 4.78 is 2.00. The Labute approximate surface area is 126 Å². The Balaban J connectivity index is 1.49. The Bertz CT molecular complexity index is 463. The van der Waals surface area contributed by atoms with Gasteiger partial charge in [0.2, 0.25) is 5.91 Å². The van der Waals surface area contributed by atoms with Crippen molar-refractivity contribution in [1.82, 2.24) is 19.6 Å². The third-order valence-electron chi connectivity index (χ3n) is 5.39. The van der Waals surface area contributed by atoms with Crippen LogP contribution in [0.3, 0.4) is 0 Å². The first-order chi connectivity index (χ1) is 10.2. The number of carbonyl (C=O) groups is 1. The molecule has 0 aliphatic carbocycles. The highest BCUT2D eigenvalue weighted by Crippen LogP contribution is 2.41. The number of amides is 1. The quantitative estimate of drug-likeness (QED) is 0.849. The molecule has 2 aliphatic heterocycles. The Kier molecular flexibility index (Phi) is 4.29. The van der Waals surface area contributed by atoms with Crippen molar-refractivity contribution in [3.63, 3.8) is 0 Å². The van der Waals surface area contributed by atoms with Crippen molar-refractivity contribution in [1.29, 1.82) is 0 Å². The number of likely N-dealkylation sites (tertiary alicyclic amines) is 2. The first-order valence-corrected chi connectivity index (χ1v) is 8.11. The molecule has 0 bridgehead atoms. The Morgan fingerprint density at radius 2 is 1.90 bits per heavy atom. The molecule has 1 spiro atoms. The fourth-order valence-corrected chi connectivity index (χ4v) is 3.65. The summed E-state index contributed by atoms with van der Waals surface area (Å²) in [6, 6.07) is 1.98. The zero-order valence-corrected chi connectivity index (χ0v) is 13.0. The van der Waals surface area contributed by atoms with Gasteiger partial charge >= 0.3 is 0 Å². The maximum atomic E-state index is 11.8. The van der Waals surface area contributed by atoms with Crippen LogP contribution < -0.4 is 0 Å². The number of carbonyl (C=O) groups excluding carboxylic acids is 1. The van der Waals surface area contributed by atoms with Crippen LogP contribution in [0.2, 0.25) is 0 Å². The summed E-state index contributed by atoms with van der Waals surface area (Å²) in [6.45, 7) is 5.32. The molecular formula is C16H26N4O. The van der Waals surface area contributed by atoms with Crippen LogP contribution in [-0.4, -0.2) is 58.7 Å². The minimum absolute atomic E-state index is 0.327. The summed E-state index contributed by atoms with van der Waals surface area (Å²) in [5.41, 5.74) is 0.419. The molecule has 0 radical (unpaired) electrons. The van der Waals surface area contributed by atoms with Gasteiger partial charge in [0.25, 0.3) is 0 Å². The van der Waals surface area contributed by atoms with E-state index in [0.717, 1.165) is 32.5 Å². The minimum Gasteiger partial charge on any atom is -0.346 e. The van der Waals surface area contributed by atoms with Crippen molar-refractivity contribution in [3.8, 4) is 0 Å². The van der Waals surface area contributed by atoms with Crippen LogP contribution >= 0.6 is 0 Å². The van der Waals surface area contributed by atoms with Crippen molar-refractivity contribution in [2.45, 2.75) is 38.6 Å². The van der Waals surface area contributed by atoms with E-state index in [2.05, 4.69) is 10.00 Å².